The minimum absolute atomic E-state index is 0.0577. The van der Waals surface area contributed by atoms with E-state index in [1.165, 1.54) is 6.07 Å². The van der Waals surface area contributed by atoms with E-state index in [0.717, 1.165) is 17.1 Å². The summed E-state index contributed by atoms with van der Waals surface area (Å²) in [4.78, 5) is 28.7. The van der Waals surface area contributed by atoms with Crippen LogP contribution in [-0.4, -0.2) is 52.6 Å². The van der Waals surface area contributed by atoms with Crippen LogP contribution in [0.1, 0.15) is 16.1 Å². The Balaban J connectivity index is 1.32. The van der Waals surface area contributed by atoms with Crippen molar-refractivity contribution in [1.29, 1.82) is 0 Å². The number of nitrogens with one attached hydrogen (secondary N) is 2. The van der Waals surface area contributed by atoms with Crippen LogP contribution in [0.3, 0.4) is 0 Å². The molecule has 2 N–H and O–H groups in total. The van der Waals surface area contributed by atoms with Crippen molar-refractivity contribution in [2.24, 2.45) is 0 Å². The van der Waals surface area contributed by atoms with Crippen LogP contribution in [-0.2, 0) is 6.54 Å². The molecule has 1 aromatic heterocycles. The largest absolute Gasteiger partial charge is 0.366 e. The summed E-state index contributed by atoms with van der Waals surface area (Å²) in [6, 6.07) is 13.3. The fourth-order valence-corrected chi connectivity index (χ4v) is 4.01. The molecule has 166 valence electrons. The second-order valence-electron chi connectivity index (χ2n) is 7.12. The maximum atomic E-state index is 14.0. The van der Waals surface area contributed by atoms with Crippen LogP contribution in [0, 0.1) is 5.82 Å². The van der Waals surface area contributed by atoms with Crippen molar-refractivity contribution >= 4 is 45.8 Å². The molecule has 4 rings (SSSR count). The van der Waals surface area contributed by atoms with E-state index in [1.807, 2.05) is 17.0 Å². The van der Waals surface area contributed by atoms with Crippen molar-refractivity contribution in [3.05, 3.63) is 70.6 Å². The van der Waals surface area contributed by atoms with Gasteiger partial charge in [-0.2, -0.15) is 0 Å². The van der Waals surface area contributed by atoms with Gasteiger partial charge in [-0.3, -0.25) is 10.1 Å². The second-order valence-corrected chi connectivity index (χ2v) is 8.31. The molecule has 0 aliphatic carbocycles. The monoisotopic (exact) mass is 474 g/mol. The Morgan fingerprint density at radius 2 is 1.78 bits per heavy atom. The van der Waals surface area contributed by atoms with Crippen molar-refractivity contribution < 1.29 is 14.0 Å². The van der Waals surface area contributed by atoms with Gasteiger partial charge >= 0.3 is 6.03 Å². The first-order chi connectivity index (χ1) is 15.5. The van der Waals surface area contributed by atoms with Gasteiger partial charge in [0, 0.05) is 49.3 Å². The number of urea groups is 1. The van der Waals surface area contributed by atoms with E-state index in [4.69, 9.17) is 11.6 Å². The molecule has 1 saturated heterocycles. The molecule has 0 radical (unpaired) electrons. The molecule has 2 heterocycles. The number of carbonyl (C=O) groups excluding carboxylic acids is 2. The van der Waals surface area contributed by atoms with E-state index < -0.39 is 5.91 Å². The van der Waals surface area contributed by atoms with Gasteiger partial charge in [0.25, 0.3) is 5.91 Å². The maximum absolute atomic E-state index is 14.0. The lowest BCUT2D eigenvalue weighted by atomic mass is 10.2. The Labute approximate surface area is 193 Å². The third kappa shape index (κ3) is 5.14. The molecular weight excluding hydrogens is 455 g/mol. The van der Waals surface area contributed by atoms with Gasteiger partial charge in [-0.25, -0.2) is 9.18 Å². The molecule has 11 heteroatoms. The van der Waals surface area contributed by atoms with E-state index in [2.05, 4.69) is 20.2 Å². The number of amides is 3. The summed E-state index contributed by atoms with van der Waals surface area (Å²) < 4.78 is 17.8. The van der Waals surface area contributed by atoms with Crippen LogP contribution in [0.25, 0.3) is 0 Å². The lowest BCUT2D eigenvalue weighted by Crippen LogP contribution is -2.50. The van der Waals surface area contributed by atoms with Gasteiger partial charge in [-0.15, -0.1) is 5.10 Å². The average Bonchev–Trinajstić information content (AvgIpc) is 3.27. The first kappa shape index (κ1) is 22.0. The summed E-state index contributed by atoms with van der Waals surface area (Å²) in [5, 5.41) is 10.2. The molecule has 3 amide bonds. The highest BCUT2D eigenvalue weighted by atomic mass is 35.5. The van der Waals surface area contributed by atoms with Gasteiger partial charge in [-0.1, -0.05) is 40.4 Å². The van der Waals surface area contributed by atoms with Crippen LogP contribution < -0.4 is 15.5 Å². The molecular formula is C21H20ClFN6O2S. The smallest absolute Gasteiger partial charge is 0.322 e. The molecule has 1 aliphatic heterocycles. The molecule has 3 aromatic rings. The van der Waals surface area contributed by atoms with Gasteiger partial charge in [-0.05, 0) is 29.8 Å². The first-order valence-corrected chi connectivity index (χ1v) is 11.1. The third-order valence-corrected chi connectivity index (χ3v) is 5.94. The molecule has 32 heavy (non-hydrogen) atoms. The molecule has 8 nitrogen and oxygen atoms in total. The zero-order valence-electron chi connectivity index (χ0n) is 16.9. The second kappa shape index (κ2) is 9.92. The Hall–Kier alpha value is -3.24. The number of anilines is 2. The third-order valence-electron chi connectivity index (χ3n) is 5.05. The molecule has 2 aromatic carbocycles. The van der Waals surface area contributed by atoms with Crippen molar-refractivity contribution in [2.75, 3.05) is 36.4 Å². The Bertz CT molecular complexity index is 1100. The fourth-order valence-electron chi connectivity index (χ4n) is 3.32. The Morgan fingerprint density at radius 3 is 2.50 bits per heavy atom. The Morgan fingerprint density at radius 1 is 1.06 bits per heavy atom. The van der Waals surface area contributed by atoms with E-state index in [1.54, 1.807) is 35.2 Å². The lowest BCUT2D eigenvalue weighted by Gasteiger charge is -2.36. The van der Waals surface area contributed by atoms with Crippen LogP contribution in [0.5, 0.6) is 0 Å². The predicted octanol–water partition coefficient (Wildman–Crippen LogP) is 3.61. The number of hydrogen-bond donors (Lipinski definition) is 2. The van der Waals surface area contributed by atoms with Crippen molar-refractivity contribution in [2.45, 2.75) is 6.54 Å². The standard InChI is InChI=1S/C21H20ClFN6O2S/c22-15-7-5-14(6-8-15)13-24-19(30)18-20(32-27-26-18)25-21(31)29-11-9-28(10-12-29)17-4-2-1-3-16(17)23/h1-8H,9-13H2,(H,24,30)(H,25,31). The van der Waals surface area contributed by atoms with Gasteiger partial charge < -0.3 is 15.1 Å². The maximum Gasteiger partial charge on any atom is 0.322 e. The predicted molar refractivity (Wildman–Crippen MR) is 122 cm³/mol. The van der Waals surface area contributed by atoms with Gasteiger partial charge in [0.15, 0.2) is 10.7 Å². The highest BCUT2D eigenvalue weighted by Gasteiger charge is 2.25. The molecule has 0 bridgehead atoms. The highest BCUT2D eigenvalue weighted by Crippen LogP contribution is 2.22. The normalized spacial score (nSPS) is 13.7. The summed E-state index contributed by atoms with van der Waals surface area (Å²) in [7, 11) is 0. The average molecular weight is 475 g/mol. The number of nitrogens with zero attached hydrogens (tertiary/aromatic N) is 4. The number of halogens is 2. The summed E-state index contributed by atoms with van der Waals surface area (Å²) in [5.74, 6) is -0.719. The van der Waals surface area contributed by atoms with Crippen LogP contribution in [0.4, 0.5) is 19.9 Å². The van der Waals surface area contributed by atoms with Gasteiger partial charge in [0.1, 0.15) is 5.82 Å². The minimum Gasteiger partial charge on any atom is -0.366 e. The van der Waals surface area contributed by atoms with Gasteiger partial charge in [0.2, 0.25) is 0 Å². The number of benzene rings is 2. The van der Waals surface area contributed by atoms with Gasteiger partial charge in [0.05, 0.1) is 5.69 Å². The number of para-hydroxylation sites is 1. The fraction of sp³-hybridized carbons (Fsp3) is 0.238. The first-order valence-electron chi connectivity index (χ1n) is 9.91. The molecule has 1 fully saturated rings. The van der Waals surface area contributed by atoms with E-state index in [9.17, 15) is 14.0 Å². The molecule has 0 unspecified atom stereocenters. The topological polar surface area (TPSA) is 90.5 Å². The van der Waals surface area contributed by atoms with E-state index in [0.29, 0.717) is 43.4 Å². The van der Waals surface area contributed by atoms with Crippen LogP contribution in [0.2, 0.25) is 5.02 Å². The number of rotatable bonds is 5. The highest BCUT2D eigenvalue weighted by molar-refractivity contribution is 7.10. The van der Waals surface area contributed by atoms with Crippen LogP contribution >= 0.6 is 23.1 Å². The van der Waals surface area contributed by atoms with Crippen LogP contribution in [0.15, 0.2) is 48.5 Å². The van der Waals surface area contributed by atoms with Crippen molar-refractivity contribution in [3.8, 4) is 0 Å². The molecule has 1 aliphatic rings. The van der Waals surface area contributed by atoms with E-state index in [-0.39, 0.29) is 22.5 Å². The number of hydrogen-bond acceptors (Lipinski definition) is 6. The molecule has 0 saturated carbocycles. The number of carbonyl (C=O) groups is 2. The zero-order chi connectivity index (χ0) is 22.5. The summed E-state index contributed by atoms with van der Waals surface area (Å²) in [6.07, 6.45) is 0. The lowest BCUT2D eigenvalue weighted by molar-refractivity contribution is 0.0946. The summed E-state index contributed by atoms with van der Waals surface area (Å²) in [6.45, 7) is 2.14. The minimum atomic E-state index is -0.437. The number of aromatic nitrogens is 2. The molecule has 0 spiro atoms. The summed E-state index contributed by atoms with van der Waals surface area (Å²) in [5.41, 5.74) is 1.46. The Kier molecular flexibility index (Phi) is 6.81. The van der Waals surface area contributed by atoms with Crippen molar-refractivity contribution in [1.82, 2.24) is 19.8 Å². The number of piperazine rings is 1. The quantitative estimate of drug-likeness (QED) is 0.589. The summed E-state index contributed by atoms with van der Waals surface area (Å²) >= 11 is 6.80. The van der Waals surface area contributed by atoms with E-state index >= 15 is 0 Å². The zero-order valence-corrected chi connectivity index (χ0v) is 18.5. The molecule has 0 atom stereocenters. The van der Waals surface area contributed by atoms with Crippen molar-refractivity contribution in [3.63, 3.8) is 0 Å². The SMILES string of the molecule is O=C(NCc1ccc(Cl)cc1)c1nnsc1NC(=O)N1CCN(c2ccccc2F)CC1.